The maximum atomic E-state index is 10.7. The Hall–Kier alpha value is -2.83. The molecule has 0 saturated heterocycles. The molecule has 0 fully saturated rings. The molecular formula is C17H21N3O4. The van der Waals surface area contributed by atoms with Crippen LogP contribution in [0.2, 0.25) is 0 Å². The first kappa shape index (κ1) is 17.5. The van der Waals surface area contributed by atoms with E-state index >= 15 is 0 Å². The molecule has 2 rings (SSSR count). The molecule has 0 bridgehead atoms. The van der Waals surface area contributed by atoms with E-state index in [1.165, 1.54) is 12.4 Å². The second kappa shape index (κ2) is 8.71. The predicted octanol–water partition coefficient (Wildman–Crippen LogP) is 2.63. The zero-order valence-corrected chi connectivity index (χ0v) is 13.8. The molecule has 1 heterocycles. The van der Waals surface area contributed by atoms with Gasteiger partial charge in [-0.25, -0.2) is 14.8 Å². The average Bonchev–Trinajstić information content (AvgIpc) is 2.58. The Kier molecular flexibility index (Phi) is 6.36. The number of benzene rings is 1. The van der Waals surface area contributed by atoms with Crippen LogP contribution in [0.15, 0.2) is 30.6 Å². The van der Waals surface area contributed by atoms with Crippen molar-refractivity contribution in [1.29, 1.82) is 0 Å². The molecule has 0 saturated carbocycles. The second-order valence-electron chi connectivity index (χ2n) is 4.92. The first-order valence-electron chi connectivity index (χ1n) is 7.81. The van der Waals surface area contributed by atoms with E-state index in [9.17, 15) is 4.79 Å². The van der Waals surface area contributed by atoms with Crippen LogP contribution in [0.25, 0.3) is 0 Å². The van der Waals surface area contributed by atoms with Gasteiger partial charge in [0.25, 0.3) is 0 Å². The SMILES string of the molecule is CCOc1ccc(CCNc2cnc(C(=O)O)cn2)cc1OCC. The van der Waals surface area contributed by atoms with Gasteiger partial charge < -0.3 is 19.9 Å². The Morgan fingerprint density at radius 2 is 1.88 bits per heavy atom. The van der Waals surface area contributed by atoms with E-state index in [4.69, 9.17) is 14.6 Å². The number of carbonyl (C=O) groups is 1. The normalized spacial score (nSPS) is 10.2. The van der Waals surface area contributed by atoms with Crippen LogP contribution in [0.4, 0.5) is 5.82 Å². The summed E-state index contributed by atoms with van der Waals surface area (Å²) >= 11 is 0. The van der Waals surface area contributed by atoms with E-state index in [0.29, 0.717) is 25.6 Å². The number of rotatable bonds is 9. The van der Waals surface area contributed by atoms with Crippen molar-refractivity contribution < 1.29 is 19.4 Å². The zero-order chi connectivity index (χ0) is 17.4. The molecule has 0 aliphatic carbocycles. The van der Waals surface area contributed by atoms with Crippen LogP contribution < -0.4 is 14.8 Å². The number of aromatic carboxylic acids is 1. The third-order valence-electron chi connectivity index (χ3n) is 3.20. The lowest BCUT2D eigenvalue weighted by molar-refractivity contribution is 0.0690. The van der Waals surface area contributed by atoms with Crippen molar-refractivity contribution in [2.75, 3.05) is 25.1 Å². The van der Waals surface area contributed by atoms with Gasteiger partial charge in [-0.05, 0) is 38.0 Å². The number of hydrogen-bond donors (Lipinski definition) is 2. The number of anilines is 1. The molecule has 0 amide bonds. The molecule has 0 spiro atoms. The van der Waals surface area contributed by atoms with E-state index in [1.807, 2.05) is 32.0 Å². The first-order valence-corrected chi connectivity index (χ1v) is 7.81. The third kappa shape index (κ3) is 4.84. The maximum Gasteiger partial charge on any atom is 0.356 e. The van der Waals surface area contributed by atoms with Gasteiger partial charge in [0.1, 0.15) is 5.82 Å². The van der Waals surface area contributed by atoms with Crippen molar-refractivity contribution in [2.24, 2.45) is 0 Å². The molecule has 1 aromatic carbocycles. The number of nitrogens with one attached hydrogen (secondary N) is 1. The van der Waals surface area contributed by atoms with Gasteiger partial charge in [0, 0.05) is 6.54 Å². The number of ether oxygens (including phenoxy) is 2. The van der Waals surface area contributed by atoms with E-state index < -0.39 is 5.97 Å². The van der Waals surface area contributed by atoms with E-state index in [-0.39, 0.29) is 5.69 Å². The minimum Gasteiger partial charge on any atom is -0.490 e. The van der Waals surface area contributed by atoms with Crippen LogP contribution >= 0.6 is 0 Å². The number of carboxylic acid groups (broad SMARTS) is 1. The summed E-state index contributed by atoms with van der Waals surface area (Å²) in [4.78, 5) is 18.6. The summed E-state index contributed by atoms with van der Waals surface area (Å²) < 4.78 is 11.1. The van der Waals surface area contributed by atoms with Gasteiger partial charge in [-0.2, -0.15) is 0 Å². The lowest BCUT2D eigenvalue weighted by atomic mass is 10.1. The summed E-state index contributed by atoms with van der Waals surface area (Å²) in [5.74, 6) is 0.927. The van der Waals surface area contributed by atoms with Gasteiger partial charge in [-0.3, -0.25) is 0 Å². The minimum atomic E-state index is -1.09. The lowest BCUT2D eigenvalue weighted by Gasteiger charge is -2.12. The molecule has 1 aromatic heterocycles. The highest BCUT2D eigenvalue weighted by molar-refractivity contribution is 5.84. The lowest BCUT2D eigenvalue weighted by Crippen LogP contribution is -2.08. The summed E-state index contributed by atoms with van der Waals surface area (Å²) in [6.07, 6.45) is 3.40. The van der Waals surface area contributed by atoms with Gasteiger partial charge in [0.2, 0.25) is 0 Å². The van der Waals surface area contributed by atoms with E-state index in [0.717, 1.165) is 23.5 Å². The molecule has 0 unspecified atom stereocenters. The Labute approximate surface area is 140 Å². The van der Waals surface area contributed by atoms with Crippen LogP contribution in [0.5, 0.6) is 11.5 Å². The van der Waals surface area contributed by atoms with Crippen LogP contribution in [-0.2, 0) is 6.42 Å². The maximum absolute atomic E-state index is 10.7. The molecule has 7 heteroatoms. The van der Waals surface area contributed by atoms with Crippen LogP contribution in [0.3, 0.4) is 0 Å². The fourth-order valence-corrected chi connectivity index (χ4v) is 2.12. The van der Waals surface area contributed by atoms with Crippen molar-refractivity contribution in [3.05, 3.63) is 41.9 Å². The second-order valence-corrected chi connectivity index (χ2v) is 4.92. The summed E-state index contributed by atoms with van der Waals surface area (Å²) in [7, 11) is 0. The summed E-state index contributed by atoms with van der Waals surface area (Å²) in [6.45, 7) is 5.67. The average molecular weight is 331 g/mol. The standard InChI is InChI=1S/C17H21N3O4/c1-3-23-14-6-5-12(9-15(14)24-4-2)7-8-18-16-11-19-13(10-20-16)17(21)22/h5-6,9-11H,3-4,7-8H2,1-2H3,(H,18,20)(H,21,22). The number of hydrogen-bond acceptors (Lipinski definition) is 6. The monoisotopic (exact) mass is 331 g/mol. The summed E-state index contributed by atoms with van der Waals surface area (Å²) in [5, 5.41) is 11.9. The molecule has 0 aliphatic rings. The van der Waals surface area contributed by atoms with Crippen molar-refractivity contribution in [3.63, 3.8) is 0 Å². The Morgan fingerprint density at radius 3 is 2.50 bits per heavy atom. The number of aromatic nitrogens is 2. The molecule has 0 radical (unpaired) electrons. The van der Waals surface area contributed by atoms with Gasteiger partial charge in [0.05, 0.1) is 25.6 Å². The highest BCUT2D eigenvalue weighted by Crippen LogP contribution is 2.28. The van der Waals surface area contributed by atoms with E-state index in [1.54, 1.807) is 0 Å². The van der Waals surface area contributed by atoms with Gasteiger partial charge in [-0.1, -0.05) is 6.07 Å². The zero-order valence-electron chi connectivity index (χ0n) is 13.8. The molecule has 24 heavy (non-hydrogen) atoms. The number of nitrogens with zero attached hydrogens (tertiary/aromatic N) is 2. The van der Waals surface area contributed by atoms with Crippen molar-refractivity contribution in [2.45, 2.75) is 20.3 Å². The summed E-state index contributed by atoms with van der Waals surface area (Å²) in [6, 6.07) is 5.87. The third-order valence-corrected chi connectivity index (χ3v) is 3.20. The smallest absolute Gasteiger partial charge is 0.356 e. The highest BCUT2D eigenvalue weighted by atomic mass is 16.5. The van der Waals surface area contributed by atoms with Crippen molar-refractivity contribution >= 4 is 11.8 Å². The fourth-order valence-electron chi connectivity index (χ4n) is 2.12. The van der Waals surface area contributed by atoms with Crippen LogP contribution in [-0.4, -0.2) is 40.8 Å². The highest BCUT2D eigenvalue weighted by Gasteiger charge is 2.07. The molecule has 128 valence electrons. The molecular weight excluding hydrogens is 310 g/mol. The number of carboxylic acids is 1. The summed E-state index contributed by atoms with van der Waals surface area (Å²) in [5.41, 5.74) is 1.03. The molecule has 2 aromatic rings. The quantitative estimate of drug-likeness (QED) is 0.729. The van der Waals surface area contributed by atoms with E-state index in [2.05, 4.69) is 15.3 Å². The van der Waals surface area contributed by atoms with Crippen molar-refractivity contribution in [3.8, 4) is 11.5 Å². The molecule has 7 nitrogen and oxygen atoms in total. The van der Waals surface area contributed by atoms with Crippen LogP contribution in [0, 0.1) is 0 Å². The van der Waals surface area contributed by atoms with Gasteiger partial charge in [0.15, 0.2) is 17.2 Å². The predicted molar refractivity (Wildman–Crippen MR) is 90.0 cm³/mol. The minimum absolute atomic E-state index is 0.0755. The largest absolute Gasteiger partial charge is 0.490 e. The topological polar surface area (TPSA) is 93.6 Å². The molecule has 0 aliphatic heterocycles. The Bertz CT molecular complexity index is 674. The van der Waals surface area contributed by atoms with Crippen LogP contribution in [0.1, 0.15) is 29.9 Å². The fraction of sp³-hybridized carbons (Fsp3) is 0.353. The van der Waals surface area contributed by atoms with Crippen molar-refractivity contribution in [1.82, 2.24) is 9.97 Å². The molecule has 0 atom stereocenters. The Balaban J connectivity index is 1.93. The van der Waals surface area contributed by atoms with Gasteiger partial charge in [-0.15, -0.1) is 0 Å². The Morgan fingerprint density at radius 1 is 1.12 bits per heavy atom. The molecule has 2 N–H and O–H groups in total. The first-order chi connectivity index (χ1) is 11.6. The van der Waals surface area contributed by atoms with Gasteiger partial charge >= 0.3 is 5.97 Å².